The van der Waals surface area contributed by atoms with Crippen LogP contribution in [0.2, 0.25) is 0 Å². The van der Waals surface area contributed by atoms with E-state index in [1.54, 1.807) is 0 Å². The number of nitrogens with zero attached hydrogens (tertiary/aromatic N) is 2. The van der Waals surface area contributed by atoms with Gasteiger partial charge in [0.05, 0.1) is 6.33 Å². The van der Waals surface area contributed by atoms with Crippen molar-refractivity contribution in [2.75, 3.05) is 0 Å². The number of hydrogen-bond acceptors (Lipinski definition) is 2. The van der Waals surface area contributed by atoms with Crippen molar-refractivity contribution in [2.45, 2.75) is 58.7 Å². The van der Waals surface area contributed by atoms with Gasteiger partial charge >= 0.3 is 0 Å². The molecule has 15 heavy (non-hydrogen) atoms. The molecular weight excluding hydrogens is 186 g/mol. The van der Waals surface area contributed by atoms with Gasteiger partial charge in [0.2, 0.25) is 0 Å². The Bertz CT molecular complexity index is 239. The third kappa shape index (κ3) is 4.04. The highest BCUT2D eigenvalue weighted by atomic mass is 15.1. The molecule has 0 aliphatic heterocycles. The summed E-state index contributed by atoms with van der Waals surface area (Å²) in [7, 11) is 0. The highest BCUT2D eigenvalue weighted by Gasteiger charge is 2.11. The van der Waals surface area contributed by atoms with E-state index in [0.29, 0.717) is 12.1 Å². The van der Waals surface area contributed by atoms with Gasteiger partial charge in [-0.3, -0.25) is 0 Å². The molecule has 0 fully saturated rings. The highest BCUT2D eigenvalue weighted by Crippen LogP contribution is 2.03. The molecule has 1 atom stereocenters. The number of aromatic nitrogens is 2. The van der Waals surface area contributed by atoms with E-state index in [2.05, 4.69) is 35.6 Å². The van der Waals surface area contributed by atoms with Crippen molar-refractivity contribution in [1.82, 2.24) is 14.9 Å². The first kappa shape index (κ1) is 12.2. The average molecular weight is 209 g/mol. The molecule has 1 rings (SSSR count). The van der Waals surface area contributed by atoms with Gasteiger partial charge in [-0.1, -0.05) is 20.8 Å². The SMILES string of the molecule is CCC(CC)N[C@@H](CC)Cn1ccnc1. The minimum Gasteiger partial charge on any atom is -0.336 e. The first-order valence-electron chi connectivity index (χ1n) is 6.01. The molecule has 0 aliphatic carbocycles. The van der Waals surface area contributed by atoms with Crippen LogP contribution in [0.1, 0.15) is 40.0 Å². The van der Waals surface area contributed by atoms with Crippen LogP contribution in [0.4, 0.5) is 0 Å². The zero-order chi connectivity index (χ0) is 11.1. The lowest BCUT2D eigenvalue weighted by atomic mass is 10.1. The van der Waals surface area contributed by atoms with Crippen molar-refractivity contribution in [3.63, 3.8) is 0 Å². The third-order valence-corrected chi connectivity index (χ3v) is 2.94. The summed E-state index contributed by atoms with van der Waals surface area (Å²) >= 11 is 0. The number of hydrogen-bond donors (Lipinski definition) is 1. The van der Waals surface area contributed by atoms with Gasteiger partial charge in [-0.2, -0.15) is 0 Å². The van der Waals surface area contributed by atoms with Crippen LogP contribution in [0, 0.1) is 0 Å². The molecular formula is C12H23N3. The summed E-state index contributed by atoms with van der Waals surface area (Å²) in [5.41, 5.74) is 0. The zero-order valence-electron chi connectivity index (χ0n) is 10.1. The summed E-state index contributed by atoms with van der Waals surface area (Å²) in [6.45, 7) is 7.74. The van der Waals surface area contributed by atoms with Crippen LogP contribution in [0.3, 0.4) is 0 Å². The molecule has 0 aromatic carbocycles. The Labute approximate surface area is 92.9 Å². The molecule has 0 amide bonds. The normalized spacial score (nSPS) is 13.3. The zero-order valence-corrected chi connectivity index (χ0v) is 10.1. The maximum absolute atomic E-state index is 4.06. The third-order valence-electron chi connectivity index (χ3n) is 2.94. The van der Waals surface area contributed by atoms with Crippen molar-refractivity contribution in [3.8, 4) is 0 Å². The van der Waals surface area contributed by atoms with Crippen LogP contribution >= 0.6 is 0 Å². The summed E-state index contributed by atoms with van der Waals surface area (Å²) in [5.74, 6) is 0. The van der Waals surface area contributed by atoms with E-state index in [1.165, 1.54) is 12.8 Å². The lowest BCUT2D eigenvalue weighted by Gasteiger charge is -2.23. The van der Waals surface area contributed by atoms with Crippen LogP contribution in [0.15, 0.2) is 18.7 Å². The molecule has 1 aromatic heterocycles. The molecule has 0 aliphatic rings. The maximum atomic E-state index is 4.06. The van der Waals surface area contributed by atoms with E-state index >= 15 is 0 Å². The van der Waals surface area contributed by atoms with Crippen LogP contribution in [-0.2, 0) is 6.54 Å². The summed E-state index contributed by atoms with van der Waals surface area (Å²) in [4.78, 5) is 4.06. The topological polar surface area (TPSA) is 29.9 Å². The van der Waals surface area contributed by atoms with E-state index in [0.717, 1.165) is 13.0 Å². The second-order valence-corrected chi connectivity index (χ2v) is 4.04. The van der Waals surface area contributed by atoms with E-state index in [1.807, 2.05) is 18.7 Å². The lowest BCUT2D eigenvalue weighted by Crippen LogP contribution is -2.39. The molecule has 0 bridgehead atoms. The van der Waals surface area contributed by atoms with Crippen molar-refractivity contribution < 1.29 is 0 Å². The Kier molecular flexibility index (Phi) is 5.40. The summed E-state index contributed by atoms with van der Waals surface area (Å²) in [6, 6.07) is 1.21. The Morgan fingerprint density at radius 3 is 2.27 bits per heavy atom. The number of rotatable bonds is 7. The summed E-state index contributed by atoms with van der Waals surface area (Å²) in [6.07, 6.45) is 9.32. The maximum Gasteiger partial charge on any atom is 0.0946 e. The van der Waals surface area contributed by atoms with Gasteiger partial charge in [-0.05, 0) is 19.3 Å². The smallest absolute Gasteiger partial charge is 0.0946 e. The highest BCUT2D eigenvalue weighted by molar-refractivity contribution is 4.79. The van der Waals surface area contributed by atoms with Gasteiger partial charge in [0.25, 0.3) is 0 Å². The minimum atomic E-state index is 0.559. The monoisotopic (exact) mass is 209 g/mol. The number of imidazole rings is 1. The molecule has 0 saturated heterocycles. The molecule has 86 valence electrons. The largest absolute Gasteiger partial charge is 0.336 e. The Morgan fingerprint density at radius 1 is 1.13 bits per heavy atom. The van der Waals surface area contributed by atoms with E-state index < -0.39 is 0 Å². The standard InChI is InChI=1S/C12H23N3/c1-4-11(5-2)14-12(6-3)9-15-8-7-13-10-15/h7-8,10-12,14H,4-6,9H2,1-3H3/t12-/m0/s1. The lowest BCUT2D eigenvalue weighted by molar-refractivity contribution is 0.365. The van der Waals surface area contributed by atoms with Gasteiger partial charge in [0.15, 0.2) is 0 Å². The minimum absolute atomic E-state index is 0.559. The average Bonchev–Trinajstić information content (AvgIpc) is 2.76. The van der Waals surface area contributed by atoms with Gasteiger partial charge in [-0.25, -0.2) is 4.98 Å². The van der Waals surface area contributed by atoms with E-state index in [-0.39, 0.29) is 0 Å². The van der Waals surface area contributed by atoms with Crippen molar-refractivity contribution >= 4 is 0 Å². The van der Waals surface area contributed by atoms with Crippen molar-refractivity contribution in [1.29, 1.82) is 0 Å². The van der Waals surface area contributed by atoms with Crippen molar-refractivity contribution in [3.05, 3.63) is 18.7 Å². The second-order valence-electron chi connectivity index (χ2n) is 4.04. The molecule has 3 nitrogen and oxygen atoms in total. The molecule has 0 saturated carbocycles. The number of nitrogens with one attached hydrogen (secondary N) is 1. The second kappa shape index (κ2) is 6.62. The molecule has 1 N–H and O–H groups in total. The van der Waals surface area contributed by atoms with Gasteiger partial charge in [-0.15, -0.1) is 0 Å². The Hall–Kier alpha value is -0.830. The molecule has 3 heteroatoms. The first-order chi connectivity index (χ1) is 7.30. The van der Waals surface area contributed by atoms with Gasteiger partial charge < -0.3 is 9.88 Å². The van der Waals surface area contributed by atoms with Gasteiger partial charge in [0, 0.05) is 31.0 Å². The van der Waals surface area contributed by atoms with Crippen LogP contribution < -0.4 is 5.32 Å². The van der Waals surface area contributed by atoms with E-state index in [4.69, 9.17) is 0 Å². The van der Waals surface area contributed by atoms with Gasteiger partial charge in [0.1, 0.15) is 0 Å². The molecule has 1 heterocycles. The van der Waals surface area contributed by atoms with Crippen molar-refractivity contribution in [2.24, 2.45) is 0 Å². The van der Waals surface area contributed by atoms with Crippen LogP contribution in [0.25, 0.3) is 0 Å². The molecule has 1 aromatic rings. The fourth-order valence-corrected chi connectivity index (χ4v) is 1.81. The Morgan fingerprint density at radius 2 is 1.80 bits per heavy atom. The van der Waals surface area contributed by atoms with Crippen LogP contribution in [-0.4, -0.2) is 21.6 Å². The molecule has 0 spiro atoms. The Balaban J connectivity index is 2.42. The summed E-state index contributed by atoms with van der Waals surface area (Å²) < 4.78 is 2.14. The summed E-state index contributed by atoms with van der Waals surface area (Å²) in [5, 5.41) is 3.69. The first-order valence-corrected chi connectivity index (χ1v) is 6.01. The fraction of sp³-hybridized carbons (Fsp3) is 0.750. The van der Waals surface area contributed by atoms with E-state index in [9.17, 15) is 0 Å². The predicted molar refractivity (Wildman–Crippen MR) is 63.8 cm³/mol. The molecule has 0 radical (unpaired) electrons. The quantitative estimate of drug-likeness (QED) is 0.747. The van der Waals surface area contributed by atoms with Crippen LogP contribution in [0.5, 0.6) is 0 Å². The fourth-order valence-electron chi connectivity index (χ4n) is 1.81. The predicted octanol–water partition coefficient (Wildman–Crippen LogP) is 2.44. The molecule has 0 unspecified atom stereocenters.